The van der Waals surface area contributed by atoms with Crippen molar-refractivity contribution in [3.63, 3.8) is 0 Å². The van der Waals surface area contributed by atoms with Gasteiger partial charge in [0.15, 0.2) is 6.61 Å². The number of amides is 1. The third-order valence-electron chi connectivity index (χ3n) is 6.26. The summed E-state index contributed by atoms with van der Waals surface area (Å²) in [6, 6.07) is 6.20. The number of ether oxygens (including phenoxy) is 2. The van der Waals surface area contributed by atoms with Crippen LogP contribution in [0.25, 0.3) is 0 Å². The molecule has 29 heavy (non-hydrogen) atoms. The zero-order chi connectivity index (χ0) is 20.3. The van der Waals surface area contributed by atoms with Crippen LogP contribution in [-0.2, 0) is 9.53 Å². The van der Waals surface area contributed by atoms with Crippen LogP contribution in [0.1, 0.15) is 19.3 Å². The van der Waals surface area contributed by atoms with Crippen LogP contribution in [0.4, 0.5) is 4.39 Å². The second kappa shape index (κ2) is 8.67. The number of carbonyl (C=O) groups is 1. The van der Waals surface area contributed by atoms with E-state index in [1.54, 1.807) is 7.11 Å². The van der Waals surface area contributed by atoms with E-state index in [0.717, 1.165) is 38.2 Å². The minimum absolute atomic E-state index is 0.0303. The Morgan fingerprint density at radius 3 is 2.76 bits per heavy atom. The maximum atomic E-state index is 13.0. The molecule has 0 aromatic heterocycles. The molecule has 7 nitrogen and oxygen atoms in total. The number of nitrogens with zero attached hydrogens (tertiary/aromatic N) is 3. The lowest BCUT2D eigenvalue weighted by atomic mass is 9.83. The van der Waals surface area contributed by atoms with Gasteiger partial charge in [-0.05, 0) is 43.5 Å². The number of methoxy groups -OCH3 is 1. The number of fused-ring (bicyclic) bond motifs is 3. The molecule has 158 valence electrons. The minimum Gasteiger partial charge on any atom is -0.484 e. The summed E-state index contributed by atoms with van der Waals surface area (Å²) in [4.78, 5) is 21.9. The Bertz CT molecular complexity index is 747. The van der Waals surface area contributed by atoms with Crippen LogP contribution >= 0.6 is 0 Å². The van der Waals surface area contributed by atoms with Gasteiger partial charge in [-0.1, -0.05) is 0 Å². The normalized spacial score (nSPS) is 26.6. The van der Waals surface area contributed by atoms with E-state index >= 15 is 0 Å². The number of piperazine rings is 1. The fraction of sp³-hybridized carbons (Fsp3) is 0.619. The van der Waals surface area contributed by atoms with Crippen LogP contribution < -0.4 is 10.1 Å². The van der Waals surface area contributed by atoms with Crippen molar-refractivity contribution >= 4 is 11.7 Å². The first-order valence-corrected chi connectivity index (χ1v) is 10.3. The highest BCUT2D eigenvalue weighted by Crippen LogP contribution is 2.36. The molecule has 8 heteroatoms. The van der Waals surface area contributed by atoms with Crippen LogP contribution in [0.3, 0.4) is 0 Å². The molecule has 3 aliphatic rings. The average molecular weight is 404 g/mol. The van der Waals surface area contributed by atoms with Crippen LogP contribution in [0.15, 0.2) is 29.3 Å². The summed E-state index contributed by atoms with van der Waals surface area (Å²) in [7, 11) is 1.69. The first-order valence-electron chi connectivity index (χ1n) is 10.3. The number of nitrogens with one attached hydrogen (secondary N) is 1. The summed E-state index contributed by atoms with van der Waals surface area (Å²) >= 11 is 0. The van der Waals surface area contributed by atoms with Crippen molar-refractivity contribution in [1.82, 2.24) is 15.1 Å². The van der Waals surface area contributed by atoms with Gasteiger partial charge in [0.25, 0.3) is 5.91 Å². The fourth-order valence-corrected chi connectivity index (χ4v) is 4.63. The van der Waals surface area contributed by atoms with Gasteiger partial charge in [-0.25, -0.2) is 4.39 Å². The Hall–Kier alpha value is -2.19. The molecule has 3 heterocycles. The predicted molar refractivity (Wildman–Crippen MR) is 108 cm³/mol. The lowest BCUT2D eigenvalue weighted by Crippen LogP contribution is -2.67. The molecular formula is C21H29FN4O3. The van der Waals surface area contributed by atoms with Crippen molar-refractivity contribution in [2.45, 2.75) is 30.8 Å². The SMILES string of the molecule is COCCN=C1NC2CCN(C2)C12CCN(C(=O)COc1ccc(F)cc1)CC2. The van der Waals surface area contributed by atoms with Gasteiger partial charge in [0, 0.05) is 39.3 Å². The molecule has 3 aliphatic heterocycles. The number of piperidine rings is 1. The van der Waals surface area contributed by atoms with E-state index in [-0.39, 0.29) is 23.9 Å². The van der Waals surface area contributed by atoms with E-state index in [4.69, 9.17) is 14.5 Å². The lowest BCUT2D eigenvalue weighted by Gasteiger charge is -2.50. The van der Waals surface area contributed by atoms with Crippen molar-refractivity contribution in [1.29, 1.82) is 0 Å². The van der Waals surface area contributed by atoms with Crippen LogP contribution in [0.5, 0.6) is 5.75 Å². The molecular weight excluding hydrogens is 375 g/mol. The van der Waals surface area contributed by atoms with Gasteiger partial charge >= 0.3 is 0 Å². The average Bonchev–Trinajstić information content (AvgIpc) is 3.17. The Morgan fingerprint density at radius 2 is 2.03 bits per heavy atom. The molecule has 2 atom stereocenters. The first kappa shape index (κ1) is 20.1. The van der Waals surface area contributed by atoms with E-state index in [1.165, 1.54) is 24.3 Å². The maximum absolute atomic E-state index is 13.0. The van der Waals surface area contributed by atoms with Crippen LogP contribution in [0.2, 0.25) is 0 Å². The smallest absolute Gasteiger partial charge is 0.260 e. The van der Waals surface area contributed by atoms with Crippen LogP contribution in [-0.4, -0.2) is 86.2 Å². The number of rotatable bonds is 6. The summed E-state index contributed by atoms with van der Waals surface area (Å²) in [5, 5.41) is 3.65. The maximum Gasteiger partial charge on any atom is 0.260 e. The second-order valence-corrected chi connectivity index (χ2v) is 7.95. The topological polar surface area (TPSA) is 66.4 Å². The van der Waals surface area contributed by atoms with E-state index < -0.39 is 0 Å². The summed E-state index contributed by atoms with van der Waals surface area (Å²) in [5.74, 6) is 1.21. The summed E-state index contributed by atoms with van der Waals surface area (Å²) in [5.41, 5.74) is -0.102. The van der Waals surface area contributed by atoms with Gasteiger partial charge in [-0.2, -0.15) is 0 Å². The molecule has 1 N–H and O–H groups in total. The zero-order valence-electron chi connectivity index (χ0n) is 16.9. The van der Waals surface area contributed by atoms with Gasteiger partial charge in [-0.15, -0.1) is 0 Å². The van der Waals surface area contributed by atoms with Crippen molar-refractivity contribution in [3.8, 4) is 5.75 Å². The summed E-state index contributed by atoms with van der Waals surface area (Å²) in [6.45, 7) is 4.70. The van der Waals surface area contributed by atoms with E-state index in [2.05, 4.69) is 10.2 Å². The highest BCUT2D eigenvalue weighted by molar-refractivity contribution is 5.93. The Morgan fingerprint density at radius 1 is 1.28 bits per heavy atom. The standard InChI is InChI=1S/C21H29FN4O3/c1-28-13-9-23-20-21(26-10-6-17(14-26)24-20)7-11-25(12-8-21)19(27)15-29-18-4-2-16(22)3-5-18/h2-5,17H,6-15H2,1H3,(H,23,24). The highest BCUT2D eigenvalue weighted by Gasteiger charge is 2.51. The number of hydrogen-bond donors (Lipinski definition) is 1. The van der Waals surface area contributed by atoms with Crippen LogP contribution in [0, 0.1) is 5.82 Å². The van der Waals surface area contributed by atoms with Crippen molar-refractivity contribution in [2.75, 3.05) is 53.0 Å². The lowest BCUT2D eigenvalue weighted by molar-refractivity contribution is -0.135. The number of likely N-dealkylation sites (tertiary alicyclic amines) is 1. The third kappa shape index (κ3) is 4.23. The van der Waals surface area contributed by atoms with Crippen molar-refractivity contribution in [3.05, 3.63) is 30.1 Å². The molecule has 1 spiro atoms. The van der Waals surface area contributed by atoms with Gasteiger partial charge in [0.2, 0.25) is 0 Å². The Kier molecular flexibility index (Phi) is 6.01. The number of carbonyl (C=O) groups excluding carboxylic acids is 1. The van der Waals surface area contributed by atoms with E-state index in [0.29, 0.717) is 38.0 Å². The second-order valence-electron chi connectivity index (χ2n) is 7.95. The summed E-state index contributed by atoms with van der Waals surface area (Å²) < 4.78 is 23.7. The largest absolute Gasteiger partial charge is 0.484 e. The fourth-order valence-electron chi connectivity index (χ4n) is 4.63. The molecule has 2 bridgehead atoms. The monoisotopic (exact) mass is 404 g/mol. The minimum atomic E-state index is -0.321. The van der Waals surface area contributed by atoms with Gasteiger partial charge < -0.3 is 19.7 Å². The molecule has 1 aromatic carbocycles. The molecule has 1 amide bonds. The predicted octanol–water partition coefficient (Wildman–Crippen LogP) is 1.29. The van der Waals surface area contributed by atoms with Gasteiger partial charge in [0.05, 0.1) is 18.7 Å². The number of halogens is 1. The molecule has 0 radical (unpaired) electrons. The number of amidine groups is 1. The zero-order valence-corrected chi connectivity index (χ0v) is 16.9. The Balaban J connectivity index is 1.36. The molecule has 4 rings (SSSR count). The van der Waals surface area contributed by atoms with Gasteiger partial charge in [0.1, 0.15) is 17.4 Å². The number of benzene rings is 1. The number of hydrogen-bond acceptors (Lipinski definition) is 5. The quantitative estimate of drug-likeness (QED) is 0.724. The number of aliphatic imine (C=N–C) groups is 1. The molecule has 3 fully saturated rings. The Labute approximate surface area is 170 Å². The third-order valence-corrected chi connectivity index (χ3v) is 6.26. The summed E-state index contributed by atoms with van der Waals surface area (Å²) in [6.07, 6.45) is 2.86. The first-order chi connectivity index (χ1) is 14.1. The highest BCUT2D eigenvalue weighted by atomic mass is 19.1. The molecule has 0 aliphatic carbocycles. The van der Waals surface area contributed by atoms with E-state index in [9.17, 15) is 9.18 Å². The molecule has 2 unspecified atom stereocenters. The molecule has 3 saturated heterocycles. The van der Waals surface area contributed by atoms with Crippen molar-refractivity contribution in [2.24, 2.45) is 4.99 Å². The van der Waals surface area contributed by atoms with Crippen molar-refractivity contribution < 1.29 is 18.7 Å². The van der Waals surface area contributed by atoms with E-state index in [1.807, 2.05) is 4.90 Å². The molecule has 1 aromatic rings. The molecule has 0 saturated carbocycles. The van der Waals surface area contributed by atoms with Gasteiger partial charge in [-0.3, -0.25) is 14.7 Å².